The van der Waals surface area contributed by atoms with Crippen molar-refractivity contribution in [3.63, 3.8) is 0 Å². The fourth-order valence-electron chi connectivity index (χ4n) is 4.46. The molecule has 0 saturated carbocycles. The van der Waals surface area contributed by atoms with Gasteiger partial charge in [0.05, 0.1) is 30.4 Å². The van der Waals surface area contributed by atoms with E-state index in [-0.39, 0.29) is 11.1 Å². The van der Waals surface area contributed by atoms with E-state index >= 15 is 0 Å². The highest BCUT2D eigenvalue weighted by molar-refractivity contribution is 6.31. The number of hydrogen-bond donors (Lipinski definition) is 2. The van der Waals surface area contributed by atoms with E-state index in [4.69, 9.17) is 25.8 Å². The van der Waals surface area contributed by atoms with Gasteiger partial charge in [-0.25, -0.2) is 14.4 Å². The van der Waals surface area contributed by atoms with Crippen LogP contribution in [0.3, 0.4) is 0 Å². The van der Waals surface area contributed by atoms with Crippen LogP contribution >= 0.6 is 11.6 Å². The third-order valence-electron chi connectivity index (χ3n) is 6.43. The number of ether oxygens (including phenoxy) is 3. The zero-order chi connectivity index (χ0) is 24.7. The molecule has 2 N–H and O–H groups in total. The van der Waals surface area contributed by atoms with Gasteiger partial charge in [0.2, 0.25) is 0 Å². The third kappa shape index (κ3) is 6.34. The highest BCUT2D eigenvalue weighted by Crippen LogP contribution is 2.36. The molecule has 8 nitrogen and oxygen atoms in total. The minimum atomic E-state index is -0.472. The van der Waals surface area contributed by atoms with Crippen LogP contribution in [0.15, 0.2) is 36.7 Å². The lowest BCUT2D eigenvalue weighted by molar-refractivity contribution is 0.0243. The van der Waals surface area contributed by atoms with Crippen molar-refractivity contribution in [3.8, 4) is 11.5 Å². The highest BCUT2D eigenvalue weighted by Gasteiger charge is 2.20. The summed E-state index contributed by atoms with van der Waals surface area (Å²) in [5.41, 5.74) is 1.35. The SMILES string of the molecule is Fc1ccc(Nc2ncnc3cc(OCCCN4CCNCC4)c(OC4CCOCC4)cc23)cc1Cl. The van der Waals surface area contributed by atoms with Crippen molar-refractivity contribution in [2.24, 2.45) is 0 Å². The van der Waals surface area contributed by atoms with E-state index in [1.165, 1.54) is 18.5 Å². The molecular weight excluding hydrogens is 485 g/mol. The molecule has 5 rings (SSSR count). The second-order valence-electron chi connectivity index (χ2n) is 9.02. The van der Waals surface area contributed by atoms with E-state index < -0.39 is 5.82 Å². The molecule has 2 saturated heterocycles. The second-order valence-corrected chi connectivity index (χ2v) is 9.42. The van der Waals surface area contributed by atoms with Crippen molar-refractivity contribution >= 4 is 34.0 Å². The molecule has 2 aliphatic rings. The quantitative estimate of drug-likeness (QED) is 0.406. The first kappa shape index (κ1) is 25.0. The molecule has 0 unspecified atom stereocenters. The van der Waals surface area contributed by atoms with Crippen molar-refractivity contribution in [3.05, 3.63) is 47.5 Å². The van der Waals surface area contributed by atoms with E-state index in [9.17, 15) is 4.39 Å². The Morgan fingerprint density at radius 3 is 2.75 bits per heavy atom. The minimum absolute atomic E-state index is 0.0402. The molecule has 1 aromatic heterocycles. The lowest BCUT2D eigenvalue weighted by atomic mass is 10.1. The number of anilines is 2. The molecule has 3 aromatic rings. The van der Waals surface area contributed by atoms with Gasteiger partial charge in [0.1, 0.15) is 24.1 Å². The van der Waals surface area contributed by atoms with Gasteiger partial charge in [0, 0.05) is 62.7 Å². The van der Waals surface area contributed by atoms with Gasteiger partial charge in [-0.15, -0.1) is 0 Å². The Hall–Kier alpha value is -2.72. The first-order chi connectivity index (χ1) is 17.7. The summed E-state index contributed by atoms with van der Waals surface area (Å²) in [7, 11) is 0. The lowest BCUT2D eigenvalue weighted by Crippen LogP contribution is -2.43. The molecular formula is C26H31ClFN5O3. The summed E-state index contributed by atoms with van der Waals surface area (Å²) in [5, 5.41) is 7.42. The Kier molecular flexibility index (Phi) is 8.32. The number of piperazine rings is 1. The topological polar surface area (TPSA) is 80.8 Å². The number of fused-ring (bicyclic) bond motifs is 1. The van der Waals surface area contributed by atoms with Crippen LogP contribution in [0.5, 0.6) is 11.5 Å². The van der Waals surface area contributed by atoms with E-state index in [2.05, 4.69) is 25.5 Å². The van der Waals surface area contributed by atoms with Crippen LogP contribution in [0, 0.1) is 5.82 Å². The smallest absolute Gasteiger partial charge is 0.163 e. The van der Waals surface area contributed by atoms with E-state index in [1.54, 1.807) is 6.07 Å². The van der Waals surface area contributed by atoms with Gasteiger partial charge in [-0.3, -0.25) is 0 Å². The fraction of sp³-hybridized carbons (Fsp3) is 0.462. The van der Waals surface area contributed by atoms with Crippen LogP contribution in [0.4, 0.5) is 15.9 Å². The molecule has 0 atom stereocenters. The average Bonchev–Trinajstić information content (AvgIpc) is 2.90. The van der Waals surface area contributed by atoms with Gasteiger partial charge < -0.3 is 29.7 Å². The molecule has 0 aliphatic carbocycles. The van der Waals surface area contributed by atoms with Gasteiger partial charge in [-0.2, -0.15) is 0 Å². The minimum Gasteiger partial charge on any atom is -0.490 e. The van der Waals surface area contributed by atoms with Crippen LogP contribution < -0.4 is 20.1 Å². The normalized spacial score (nSPS) is 17.3. The zero-order valence-electron chi connectivity index (χ0n) is 20.1. The molecule has 3 heterocycles. The molecule has 36 heavy (non-hydrogen) atoms. The summed E-state index contributed by atoms with van der Waals surface area (Å²) in [6.07, 6.45) is 4.12. The molecule has 0 radical (unpaired) electrons. The molecule has 192 valence electrons. The Balaban J connectivity index is 1.37. The lowest BCUT2D eigenvalue weighted by Gasteiger charge is -2.27. The fourth-order valence-corrected chi connectivity index (χ4v) is 4.64. The number of nitrogens with zero attached hydrogens (tertiary/aromatic N) is 3. The largest absolute Gasteiger partial charge is 0.490 e. The average molecular weight is 516 g/mol. The Bertz CT molecular complexity index is 1170. The molecule has 2 aliphatic heterocycles. The molecule has 0 spiro atoms. The maximum Gasteiger partial charge on any atom is 0.163 e. The predicted octanol–water partition coefficient (Wildman–Crippen LogP) is 4.40. The van der Waals surface area contributed by atoms with Crippen molar-refractivity contribution in [2.45, 2.75) is 25.4 Å². The van der Waals surface area contributed by atoms with E-state index in [0.717, 1.165) is 62.9 Å². The Morgan fingerprint density at radius 1 is 1.11 bits per heavy atom. The maximum atomic E-state index is 13.6. The monoisotopic (exact) mass is 515 g/mol. The molecule has 2 aromatic carbocycles. The van der Waals surface area contributed by atoms with Crippen molar-refractivity contribution in [1.29, 1.82) is 0 Å². The highest BCUT2D eigenvalue weighted by atomic mass is 35.5. The van der Waals surface area contributed by atoms with E-state index in [0.29, 0.717) is 42.8 Å². The molecule has 0 bridgehead atoms. The van der Waals surface area contributed by atoms with Crippen molar-refractivity contribution in [2.75, 3.05) is 57.9 Å². The zero-order valence-corrected chi connectivity index (χ0v) is 20.9. The number of aromatic nitrogens is 2. The summed E-state index contributed by atoms with van der Waals surface area (Å²) in [6, 6.07) is 8.29. The summed E-state index contributed by atoms with van der Waals surface area (Å²) in [4.78, 5) is 11.3. The van der Waals surface area contributed by atoms with Crippen molar-refractivity contribution in [1.82, 2.24) is 20.2 Å². The summed E-state index contributed by atoms with van der Waals surface area (Å²) in [6.45, 7) is 7.16. The van der Waals surface area contributed by atoms with Crippen LogP contribution in [0.25, 0.3) is 10.9 Å². The Labute approximate surface area is 215 Å². The van der Waals surface area contributed by atoms with Crippen LogP contribution in [0.2, 0.25) is 5.02 Å². The first-order valence-corrected chi connectivity index (χ1v) is 12.8. The van der Waals surface area contributed by atoms with Gasteiger partial charge in [0.15, 0.2) is 11.5 Å². The molecule has 2 fully saturated rings. The summed E-state index contributed by atoms with van der Waals surface area (Å²) >= 11 is 5.96. The first-order valence-electron chi connectivity index (χ1n) is 12.5. The number of rotatable bonds is 9. The predicted molar refractivity (Wildman–Crippen MR) is 138 cm³/mol. The second kappa shape index (κ2) is 12.0. The number of halogens is 2. The van der Waals surface area contributed by atoms with Gasteiger partial charge in [-0.05, 0) is 30.7 Å². The Morgan fingerprint density at radius 2 is 1.94 bits per heavy atom. The van der Waals surface area contributed by atoms with E-state index in [1.807, 2.05) is 12.1 Å². The van der Waals surface area contributed by atoms with Crippen LogP contribution in [0.1, 0.15) is 19.3 Å². The van der Waals surface area contributed by atoms with Gasteiger partial charge >= 0.3 is 0 Å². The third-order valence-corrected chi connectivity index (χ3v) is 6.72. The standard InChI is InChI=1S/C26H31ClFN5O3/c27-21-14-18(2-3-22(21)28)32-26-20-15-25(36-19-4-12-34-13-5-19)24(16-23(20)30-17-31-26)35-11-1-8-33-9-6-29-7-10-33/h2-3,14-17,19,29H,1,4-13H2,(H,30,31,32). The number of hydrogen-bond acceptors (Lipinski definition) is 8. The van der Waals surface area contributed by atoms with Crippen molar-refractivity contribution < 1.29 is 18.6 Å². The summed E-state index contributed by atoms with van der Waals surface area (Å²) < 4.78 is 31.7. The number of nitrogens with one attached hydrogen (secondary N) is 2. The molecule has 0 amide bonds. The van der Waals surface area contributed by atoms with Gasteiger partial charge in [-0.1, -0.05) is 11.6 Å². The number of benzene rings is 2. The van der Waals surface area contributed by atoms with Crippen LogP contribution in [-0.2, 0) is 4.74 Å². The maximum absolute atomic E-state index is 13.6. The summed E-state index contributed by atoms with van der Waals surface area (Å²) in [5.74, 6) is 1.43. The van der Waals surface area contributed by atoms with Crippen LogP contribution in [-0.4, -0.2) is 73.5 Å². The molecule has 10 heteroatoms. The van der Waals surface area contributed by atoms with Gasteiger partial charge in [0.25, 0.3) is 0 Å².